The Morgan fingerprint density at radius 1 is 1.20 bits per heavy atom. The number of alkyl halides is 3. The molecule has 0 bridgehead atoms. The van der Waals surface area contributed by atoms with Crippen molar-refractivity contribution in [2.45, 2.75) is 37.6 Å². The molecule has 234 valence electrons. The molecule has 2 unspecified atom stereocenters. The van der Waals surface area contributed by atoms with E-state index >= 15 is 0 Å². The monoisotopic (exact) mass is 617 g/mol. The Hall–Kier alpha value is -4.92. The number of hydrogen-bond acceptors (Lipinski definition) is 7. The summed E-state index contributed by atoms with van der Waals surface area (Å²) in [6.45, 7) is 5.74. The van der Waals surface area contributed by atoms with Crippen LogP contribution in [0.2, 0.25) is 0 Å². The number of halogens is 4. The van der Waals surface area contributed by atoms with E-state index in [9.17, 15) is 27.2 Å². The largest absolute Gasteiger partial charge is 0.496 e. The second-order valence-electron chi connectivity index (χ2n) is 10.4. The summed E-state index contributed by atoms with van der Waals surface area (Å²) in [5.41, 5.74) is 7.79. The fourth-order valence-electron chi connectivity index (χ4n) is 4.98. The summed E-state index contributed by atoms with van der Waals surface area (Å²) >= 11 is 0. The maximum Gasteiger partial charge on any atom is 0.419 e. The first-order valence-electron chi connectivity index (χ1n) is 13.2. The molecular weight excluding hydrogens is 586 g/mol. The summed E-state index contributed by atoms with van der Waals surface area (Å²) in [5.74, 6) is -1.48. The zero-order chi connectivity index (χ0) is 32.4. The zero-order valence-corrected chi connectivity index (χ0v) is 24.1. The summed E-state index contributed by atoms with van der Waals surface area (Å²) < 4.78 is 69.3. The molecule has 2 amide bonds. The summed E-state index contributed by atoms with van der Waals surface area (Å²) in [7, 11) is 1.33. The minimum atomic E-state index is -4.80. The Labute approximate surface area is 249 Å². The lowest BCUT2D eigenvalue weighted by Gasteiger charge is -2.55. The molecule has 1 fully saturated rings. The minimum absolute atomic E-state index is 0.0378. The van der Waals surface area contributed by atoms with E-state index in [0.717, 1.165) is 12.1 Å². The van der Waals surface area contributed by atoms with Crippen LogP contribution in [-0.4, -0.2) is 59.4 Å². The maximum absolute atomic E-state index is 14.4. The van der Waals surface area contributed by atoms with Crippen LogP contribution < -0.4 is 26.8 Å². The van der Waals surface area contributed by atoms with Gasteiger partial charge in [-0.25, -0.2) is 14.1 Å². The number of rotatable bonds is 11. The van der Waals surface area contributed by atoms with Gasteiger partial charge in [-0.3, -0.25) is 9.59 Å². The summed E-state index contributed by atoms with van der Waals surface area (Å²) in [5, 5.41) is 9.38. The fraction of sp³-hybridized carbons (Fsp3) is 0.310. The van der Waals surface area contributed by atoms with Gasteiger partial charge in [-0.15, -0.1) is 0 Å². The molecule has 15 heteroatoms. The van der Waals surface area contributed by atoms with Gasteiger partial charge in [-0.2, -0.15) is 18.3 Å². The zero-order valence-electron chi connectivity index (χ0n) is 24.1. The van der Waals surface area contributed by atoms with E-state index in [1.807, 2.05) is 0 Å². The van der Waals surface area contributed by atoms with Gasteiger partial charge in [0, 0.05) is 23.2 Å². The van der Waals surface area contributed by atoms with Crippen molar-refractivity contribution in [1.29, 1.82) is 0 Å². The molecular formula is C29H31F4N7O4. The van der Waals surface area contributed by atoms with E-state index in [-0.39, 0.29) is 46.3 Å². The Balaban J connectivity index is 1.59. The van der Waals surface area contributed by atoms with E-state index in [2.05, 4.69) is 27.3 Å². The average molecular weight is 618 g/mol. The number of methoxy groups -OCH3 is 1. The number of ether oxygens (including phenoxy) is 2. The van der Waals surface area contributed by atoms with Crippen LogP contribution in [-0.2, 0) is 15.1 Å². The van der Waals surface area contributed by atoms with Crippen molar-refractivity contribution < 1.29 is 36.6 Å². The molecule has 0 saturated carbocycles. The minimum Gasteiger partial charge on any atom is -0.496 e. The first kappa shape index (κ1) is 32.0. The van der Waals surface area contributed by atoms with Gasteiger partial charge in [0.15, 0.2) is 11.4 Å². The van der Waals surface area contributed by atoms with Crippen molar-refractivity contribution in [3.63, 3.8) is 0 Å². The third kappa shape index (κ3) is 6.37. The van der Waals surface area contributed by atoms with Crippen molar-refractivity contribution in [2.24, 2.45) is 16.5 Å². The molecule has 0 aliphatic carbocycles. The molecule has 1 aromatic heterocycles. The third-order valence-electron chi connectivity index (χ3n) is 7.01. The van der Waals surface area contributed by atoms with Crippen molar-refractivity contribution in [1.82, 2.24) is 20.4 Å². The molecule has 1 aliphatic rings. The van der Waals surface area contributed by atoms with Crippen molar-refractivity contribution >= 4 is 29.2 Å². The normalized spacial score (nSPS) is 20.0. The van der Waals surface area contributed by atoms with Crippen LogP contribution in [0.25, 0.3) is 11.4 Å². The number of aromatic nitrogens is 2. The van der Waals surface area contributed by atoms with Crippen molar-refractivity contribution in [2.75, 3.05) is 20.2 Å². The smallest absolute Gasteiger partial charge is 0.419 e. The van der Waals surface area contributed by atoms with Gasteiger partial charge < -0.3 is 31.6 Å². The summed E-state index contributed by atoms with van der Waals surface area (Å²) in [6, 6.07) is 9.72. The Bertz CT molecular complexity index is 1620. The molecule has 0 radical (unpaired) electrons. The highest BCUT2D eigenvalue weighted by Crippen LogP contribution is 2.57. The molecule has 1 saturated heterocycles. The lowest BCUT2D eigenvalue weighted by molar-refractivity contribution is -0.382. The molecule has 4 rings (SSSR count). The number of benzene rings is 2. The Morgan fingerprint density at radius 2 is 1.91 bits per heavy atom. The molecule has 0 spiro atoms. The highest BCUT2D eigenvalue weighted by atomic mass is 19.4. The number of carbonyl (C=O) groups is 2. The van der Waals surface area contributed by atoms with Crippen molar-refractivity contribution in [3.8, 4) is 11.4 Å². The number of nitrogens with two attached hydrogens (primary N) is 2. The second kappa shape index (κ2) is 12.0. The first-order valence-corrected chi connectivity index (χ1v) is 13.2. The third-order valence-corrected chi connectivity index (χ3v) is 7.01. The quantitative estimate of drug-likeness (QED) is 0.146. The van der Waals surface area contributed by atoms with Crippen molar-refractivity contribution in [3.05, 3.63) is 77.7 Å². The number of carbonyl (C=O) groups excluding carboxylic acids is 2. The molecule has 3 aromatic rings. The first-order chi connectivity index (χ1) is 20.6. The SMILES string of the molecule is C=C(NCC1(C(F)(F)F)CC(C)(c2cc(F)ccc2OC)O1)c1cnn(-c2cccc(C(=O)NCC(N)=O)c2)c1/N=C(/C)N. The van der Waals surface area contributed by atoms with Gasteiger partial charge in [0.25, 0.3) is 5.91 Å². The Kier molecular flexibility index (Phi) is 8.72. The molecule has 2 heterocycles. The van der Waals surface area contributed by atoms with Crippen LogP contribution in [0.1, 0.15) is 41.8 Å². The lowest BCUT2D eigenvalue weighted by Crippen LogP contribution is -2.68. The predicted octanol–water partition coefficient (Wildman–Crippen LogP) is 3.44. The molecule has 2 aromatic carbocycles. The number of primary amides is 1. The summed E-state index contributed by atoms with van der Waals surface area (Å²) in [6.07, 6.45) is -3.99. The Morgan fingerprint density at radius 3 is 2.52 bits per heavy atom. The fourth-order valence-corrected chi connectivity index (χ4v) is 4.98. The van der Waals surface area contributed by atoms with Gasteiger partial charge in [-0.1, -0.05) is 12.6 Å². The van der Waals surface area contributed by atoms with Crippen LogP contribution in [0.5, 0.6) is 5.75 Å². The van der Waals surface area contributed by atoms with E-state index < -0.39 is 48.0 Å². The number of aliphatic imine (C=N–C) groups is 1. The van der Waals surface area contributed by atoms with Crippen LogP contribution in [0.4, 0.5) is 23.4 Å². The van der Waals surface area contributed by atoms with Crippen LogP contribution in [0.15, 0.2) is 60.2 Å². The van der Waals surface area contributed by atoms with E-state index in [0.29, 0.717) is 5.69 Å². The van der Waals surface area contributed by atoms with Gasteiger partial charge in [0.2, 0.25) is 5.91 Å². The highest BCUT2D eigenvalue weighted by molar-refractivity contribution is 5.96. The number of nitrogens with one attached hydrogen (secondary N) is 2. The second-order valence-corrected chi connectivity index (χ2v) is 10.4. The molecule has 6 N–H and O–H groups in total. The van der Waals surface area contributed by atoms with Crippen LogP contribution >= 0.6 is 0 Å². The predicted molar refractivity (Wildman–Crippen MR) is 154 cm³/mol. The average Bonchev–Trinajstić information content (AvgIpc) is 3.35. The lowest BCUT2D eigenvalue weighted by atomic mass is 9.75. The number of amides is 2. The van der Waals surface area contributed by atoms with Crippen LogP contribution in [0.3, 0.4) is 0 Å². The molecule has 2 atom stereocenters. The van der Waals surface area contributed by atoms with Gasteiger partial charge in [-0.05, 0) is 50.2 Å². The van der Waals surface area contributed by atoms with Crippen LogP contribution in [0, 0.1) is 5.82 Å². The molecule has 44 heavy (non-hydrogen) atoms. The maximum atomic E-state index is 14.4. The van der Waals surface area contributed by atoms with E-state index in [1.165, 1.54) is 50.0 Å². The molecule has 1 aliphatic heterocycles. The number of hydrogen-bond donors (Lipinski definition) is 4. The van der Waals surface area contributed by atoms with E-state index in [4.69, 9.17) is 20.9 Å². The van der Waals surface area contributed by atoms with E-state index in [1.54, 1.807) is 12.1 Å². The number of nitrogens with zero attached hydrogens (tertiary/aromatic N) is 3. The summed E-state index contributed by atoms with van der Waals surface area (Å²) in [4.78, 5) is 27.8. The van der Waals surface area contributed by atoms with Gasteiger partial charge in [0.1, 0.15) is 11.6 Å². The number of amidine groups is 1. The van der Waals surface area contributed by atoms with Gasteiger partial charge >= 0.3 is 6.18 Å². The topological polar surface area (TPSA) is 159 Å². The standard InChI is InChI=1S/C29H31F4N7O4/c1-16(37-15-28(29(31,32)33)14-27(3,44-28)22-11-19(30)8-9-23(22)43-4)21-12-38-40(25(21)39-17(2)34)20-7-5-6-18(10-20)26(42)36-13-24(35)41/h5-12,37H,1,13-15H2,2-4H3,(H2,34,39)(H2,35,41)(H,36,42). The highest BCUT2D eigenvalue weighted by Gasteiger charge is 2.68. The molecule has 11 nitrogen and oxygen atoms in total. The van der Waals surface area contributed by atoms with Gasteiger partial charge in [0.05, 0.1) is 49.1 Å².